The van der Waals surface area contributed by atoms with Crippen molar-refractivity contribution in [2.45, 2.75) is 6.42 Å². The Morgan fingerprint density at radius 3 is 3.00 bits per heavy atom. The SMILES string of the molecule is Nc1ccc(C(=O)N2CCC(CO)C2)cn1. The number of nitrogens with two attached hydrogens (primary N) is 1. The van der Waals surface area contributed by atoms with Crippen molar-refractivity contribution in [3.8, 4) is 0 Å². The van der Waals surface area contributed by atoms with Crippen molar-refractivity contribution in [1.29, 1.82) is 0 Å². The van der Waals surface area contributed by atoms with E-state index in [1.165, 1.54) is 6.20 Å². The van der Waals surface area contributed by atoms with Crippen LogP contribution in [0.25, 0.3) is 0 Å². The molecule has 0 bridgehead atoms. The molecule has 1 aliphatic rings. The number of carbonyl (C=O) groups is 1. The van der Waals surface area contributed by atoms with Crippen molar-refractivity contribution in [1.82, 2.24) is 9.88 Å². The molecule has 5 heteroatoms. The second kappa shape index (κ2) is 4.49. The van der Waals surface area contributed by atoms with Gasteiger partial charge in [0.25, 0.3) is 5.91 Å². The zero-order valence-electron chi connectivity index (χ0n) is 8.97. The lowest BCUT2D eigenvalue weighted by Crippen LogP contribution is -2.29. The third-order valence-corrected chi connectivity index (χ3v) is 2.86. The van der Waals surface area contributed by atoms with Crippen molar-refractivity contribution in [2.24, 2.45) is 5.92 Å². The molecule has 86 valence electrons. The van der Waals surface area contributed by atoms with Crippen molar-refractivity contribution < 1.29 is 9.90 Å². The molecule has 1 fully saturated rings. The highest BCUT2D eigenvalue weighted by atomic mass is 16.3. The number of likely N-dealkylation sites (tertiary alicyclic amines) is 1. The third kappa shape index (κ3) is 2.14. The molecule has 1 aliphatic heterocycles. The molecule has 0 saturated carbocycles. The van der Waals surface area contributed by atoms with E-state index in [-0.39, 0.29) is 18.4 Å². The Morgan fingerprint density at radius 2 is 2.44 bits per heavy atom. The van der Waals surface area contributed by atoms with Gasteiger partial charge in [-0.1, -0.05) is 0 Å². The highest BCUT2D eigenvalue weighted by Gasteiger charge is 2.26. The van der Waals surface area contributed by atoms with Crippen molar-refractivity contribution in [2.75, 3.05) is 25.4 Å². The predicted octanol–water partition coefficient (Wildman–Crippen LogP) is 0.118. The Morgan fingerprint density at radius 1 is 1.62 bits per heavy atom. The summed E-state index contributed by atoms with van der Waals surface area (Å²) >= 11 is 0. The van der Waals surface area contributed by atoms with Gasteiger partial charge < -0.3 is 15.7 Å². The summed E-state index contributed by atoms with van der Waals surface area (Å²) in [6.45, 7) is 1.47. The predicted molar refractivity (Wildman–Crippen MR) is 59.7 cm³/mol. The fourth-order valence-electron chi connectivity index (χ4n) is 1.88. The number of hydrogen-bond acceptors (Lipinski definition) is 4. The summed E-state index contributed by atoms with van der Waals surface area (Å²) in [5, 5.41) is 9.01. The molecule has 1 saturated heterocycles. The summed E-state index contributed by atoms with van der Waals surface area (Å²) in [5.74, 6) is 0.584. The Hall–Kier alpha value is -1.62. The molecule has 16 heavy (non-hydrogen) atoms. The number of carbonyl (C=O) groups excluding carboxylic acids is 1. The van der Waals surface area contributed by atoms with Crippen LogP contribution in [0.2, 0.25) is 0 Å². The largest absolute Gasteiger partial charge is 0.396 e. The minimum Gasteiger partial charge on any atom is -0.396 e. The van der Waals surface area contributed by atoms with Gasteiger partial charge in [0, 0.05) is 31.8 Å². The average Bonchev–Trinajstić information content (AvgIpc) is 2.77. The lowest BCUT2D eigenvalue weighted by Gasteiger charge is -2.15. The van der Waals surface area contributed by atoms with Gasteiger partial charge in [0.2, 0.25) is 0 Å². The number of nitrogen functional groups attached to an aromatic ring is 1. The number of nitrogens with zero attached hydrogens (tertiary/aromatic N) is 2. The molecule has 1 unspecified atom stereocenters. The fraction of sp³-hybridized carbons (Fsp3) is 0.455. The molecule has 3 N–H and O–H groups in total. The number of aromatic nitrogens is 1. The maximum atomic E-state index is 12.0. The van der Waals surface area contributed by atoms with Crippen molar-refractivity contribution in [3.63, 3.8) is 0 Å². The van der Waals surface area contributed by atoms with E-state index in [4.69, 9.17) is 10.8 Å². The van der Waals surface area contributed by atoms with Crippen LogP contribution in [0.5, 0.6) is 0 Å². The number of aliphatic hydroxyl groups excluding tert-OH is 1. The first-order valence-corrected chi connectivity index (χ1v) is 5.32. The van der Waals surface area contributed by atoms with E-state index in [1.807, 2.05) is 0 Å². The normalized spacial score (nSPS) is 20.1. The highest BCUT2D eigenvalue weighted by molar-refractivity contribution is 5.94. The smallest absolute Gasteiger partial charge is 0.255 e. The second-order valence-electron chi connectivity index (χ2n) is 4.06. The molecule has 2 rings (SSSR count). The van der Waals surface area contributed by atoms with Gasteiger partial charge >= 0.3 is 0 Å². The Labute approximate surface area is 93.9 Å². The first-order valence-electron chi connectivity index (χ1n) is 5.32. The number of aliphatic hydroxyl groups is 1. The maximum absolute atomic E-state index is 12.0. The minimum atomic E-state index is -0.0385. The van der Waals surface area contributed by atoms with E-state index in [0.717, 1.165) is 6.42 Å². The summed E-state index contributed by atoms with van der Waals surface area (Å²) in [7, 11) is 0. The zero-order valence-corrected chi connectivity index (χ0v) is 8.97. The first kappa shape index (κ1) is 10.9. The summed E-state index contributed by atoms with van der Waals surface area (Å²) in [6.07, 6.45) is 2.36. The number of pyridine rings is 1. The molecule has 1 atom stereocenters. The van der Waals surface area contributed by atoms with Gasteiger partial charge in [-0.05, 0) is 18.6 Å². The van der Waals surface area contributed by atoms with E-state index in [0.29, 0.717) is 24.5 Å². The van der Waals surface area contributed by atoms with Gasteiger partial charge in [-0.25, -0.2) is 4.98 Å². The molecule has 0 radical (unpaired) electrons. The summed E-state index contributed by atoms with van der Waals surface area (Å²) in [6, 6.07) is 3.30. The molecule has 1 amide bonds. The van der Waals surface area contributed by atoms with E-state index in [2.05, 4.69) is 4.98 Å². The van der Waals surface area contributed by atoms with Gasteiger partial charge in [0.1, 0.15) is 5.82 Å². The van der Waals surface area contributed by atoms with Crippen LogP contribution in [0.15, 0.2) is 18.3 Å². The van der Waals surface area contributed by atoms with Crippen LogP contribution in [-0.4, -0.2) is 40.6 Å². The molecular formula is C11H15N3O2. The minimum absolute atomic E-state index is 0.0385. The fourth-order valence-corrected chi connectivity index (χ4v) is 1.88. The molecule has 2 heterocycles. The van der Waals surface area contributed by atoms with Gasteiger partial charge in [-0.15, -0.1) is 0 Å². The van der Waals surface area contributed by atoms with Gasteiger partial charge in [-0.2, -0.15) is 0 Å². The average molecular weight is 221 g/mol. The van der Waals surface area contributed by atoms with Gasteiger partial charge in [0.15, 0.2) is 0 Å². The topological polar surface area (TPSA) is 79.5 Å². The van der Waals surface area contributed by atoms with E-state index < -0.39 is 0 Å². The Kier molecular flexibility index (Phi) is 3.05. The molecular weight excluding hydrogens is 206 g/mol. The van der Waals surface area contributed by atoms with Crippen LogP contribution in [0.1, 0.15) is 16.8 Å². The number of hydrogen-bond donors (Lipinski definition) is 2. The summed E-state index contributed by atoms with van der Waals surface area (Å²) < 4.78 is 0. The van der Waals surface area contributed by atoms with Crippen LogP contribution in [0.3, 0.4) is 0 Å². The van der Waals surface area contributed by atoms with Crippen molar-refractivity contribution >= 4 is 11.7 Å². The van der Waals surface area contributed by atoms with Crippen molar-refractivity contribution in [3.05, 3.63) is 23.9 Å². The monoisotopic (exact) mass is 221 g/mol. The van der Waals surface area contributed by atoms with E-state index in [9.17, 15) is 4.79 Å². The number of amides is 1. The number of anilines is 1. The molecule has 0 aliphatic carbocycles. The van der Waals surface area contributed by atoms with Crippen LogP contribution in [0, 0.1) is 5.92 Å². The molecule has 1 aromatic heterocycles. The standard InChI is InChI=1S/C11H15N3O2/c12-10-2-1-9(5-13-10)11(16)14-4-3-8(6-14)7-15/h1-2,5,8,15H,3-4,6-7H2,(H2,12,13). The maximum Gasteiger partial charge on any atom is 0.255 e. The molecule has 1 aromatic rings. The lowest BCUT2D eigenvalue weighted by molar-refractivity contribution is 0.0781. The molecule has 5 nitrogen and oxygen atoms in total. The van der Waals surface area contributed by atoms with Gasteiger partial charge in [-0.3, -0.25) is 4.79 Å². The lowest BCUT2D eigenvalue weighted by atomic mass is 10.1. The van der Waals surface area contributed by atoms with E-state index in [1.54, 1.807) is 17.0 Å². The molecule has 0 spiro atoms. The van der Waals surface area contributed by atoms with Gasteiger partial charge in [0.05, 0.1) is 5.56 Å². The quantitative estimate of drug-likeness (QED) is 0.743. The molecule has 0 aromatic carbocycles. The number of rotatable bonds is 2. The zero-order chi connectivity index (χ0) is 11.5. The Bertz CT molecular complexity index is 377. The van der Waals surface area contributed by atoms with Crippen LogP contribution >= 0.6 is 0 Å². The summed E-state index contributed by atoms with van der Waals surface area (Å²) in [5.41, 5.74) is 6.00. The first-order chi connectivity index (χ1) is 7.70. The summed E-state index contributed by atoms with van der Waals surface area (Å²) in [4.78, 5) is 17.6. The highest BCUT2D eigenvalue weighted by Crippen LogP contribution is 2.18. The third-order valence-electron chi connectivity index (χ3n) is 2.86. The second-order valence-corrected chi connectivity index (χ2v) is 4.06. The van der Waals surface area contributed by atoms with Crippen LogP contribution < -0.4 is 5.73 Å². The Balaban J connectivity index is 2.05. The van der Waals surface area contributed by atoms with Crippen LogP contribution in [0.4, 0.5) is 5.82 Å². The van der Waals surface area contributed by atoms with Crippen LogP contribution in [-0.2, 0) is 0 Å². The van der Waals surface area contributed by atoms with E-state index >= 15 is 0 Å².